The number of fused-ring (bicyclic) bond motifs is 6. The van der Waals surface area contributed by atoms with Gasteiger partial charge in [-0.2, -0.15) is 10.4 Å². The molecule has 0 spiro atoms. The molecule has 11 heteroatoms. The number of ether oxygens (including phenoxy) is 1. The van der Waals surface area contributed by atoms with Crippen LogP contribution in [-0.2, 0) is 20.7 Å². The average Bonchev–Trinajstić information content (AvgIpc) is 3.58. The second-order valence-corrected chi connectivity index (χ2v) is 15.5. The molecule has 1 N–H and O–H groups in total. The summed E-state index contributed by atoms with van der Waals surface area (Å²) in [4.78, 5) is 39.1. The van der Waals surface area contributed by atoms with E-state index in [0.29, 0.717) is 31.4 Å². The monoisotopic (exact) mass is 675 g/mol. The molecule has 8 nitrogen and oxygen atoms in total. The summed E-state index contributed by atoms with van der Waals surface area (Å²) >= 11 is 1.78. The Labute approximate surface area is 282 Å². The average molecular weight is 676 g/mol. The van der Waals surface area contributed by atoms with Crippen LogP contribution in [0.15, 0.2) is 30.0 Å². The van der Waals surface area contributed by atoms with Crippen molar-refractivity contribution in [2.24, 2.45) is 28.6 Å². The number of benzene rings is 1. The minimum absolute atomic E-state index is 0.0257. The van der Waals surface area contributed by atoms with E-state index >= 15 is 0 Å². The number of aliphatic hydroxyl groups is 1. The largest absolute Gasteiger partial charge is 0.449 e. The number of terminal acetylenes is 1. The molecule has 1 aromatic heterocycles. The van der Waals surface area contributed by atoms with Gasteiger partial charge in [0.2, 0.25) is 10.2 Å². The Kier molecular flexibility index (Phi) is 8.97. The van der Waals surface area contributed by atoms with Gasteiger partial charge in [-0.15, -0.1) is 6.42 Å². The van der Waals surface area contributed by atoms with Crippen LogP contribution < -0.4 is 0 Å². The van der Waals surface area contributed by atoms with E-state index in [9.17, 15) is 29.1 Å². The second-order valence-electron chi connectivity index (χ2n) is 13.6. The lowest BCUT2D eigenvalue weighted by atomic mass is 9.45. The van der Waals surface area contributed by atoms with Crippen LogP contribution in [0.5, 0.6) is 0 Å². The molecule has 3 fully saturated rings. The van der Waals surface area contributed by atoms with Crippen LogP contribution in [0.1, 0.15) is 80.9 Å². The predicted molar refractivity (Wildman–Crippen MR) is 179 cm³/mol. The van der Waals surface area contributed by atoms with Gasteiger partial charge in [0.1, 0.15) is 5.82 Å². The highest BCUT2D eigenvalue weighted by molar-refractivity contribution is 8.14. The minimum atomic E-state index is -1.38. The van der Waals surface area contributed by atoms with E-state index in [1.54, 1.807) is 17.7 Å². The minimum Gasteiger partial charge on any atom is -0.449 e. The first kappa shape index (κ1) is 33.5. The lowest BCUT2D eigenvalue weighted by Crippen LogP contribution is -2.62. The van der Waals surface area contributed by atoms with Crippen LogP contribution in [-0.4, -0.2) is 54.3 Å². The van der Waals surface area contributed by atoms with Crippen molar-refractivity contribution in [2.75, 3.05) is 11.5 Å². The van der Waals surface area contributed by atoms with Gasteiger partial charge in [0.15, 0.2) is 5.60 Å². The van der Waals surface area contributed by atoms with Crippen molar-refractivity contribution in [3.63, 3.8) is 0 Å². The molecule has 0 radical (unpaired) electrons. The van der Waals surface area contributed by atoms with E-state index < -0.39 is 34.0 Å². The first-order valence-corrected chi connectivity index (χ1v) is 18.0. The number of nitriles is 1. The van der Waals surface area contributed by atoms with E-state index in [-0.39, 0.29) is 51.8 Å². The Balaban J connectivity index is 1.33. The Bertz CT molecular complexity index is 1760. The number of thioether (sulfide) groups is 2. The molecule has 0 amide bonds. The van der Waals surface area contributed by atoms with Crippen molar-refractivity contribution >= 4 is 45.8 Å². The zero-order valence-electron chi connectivity index (χ0n) is 26.8. The van der Waals surface area contributed by atoms with Gasteiger partial charge in [0.25, 0.3) is 0 Å². The molecule has 0 unspecified atom stereocenters. The van der Waals surface area contributed by atoms with E-state index in [0.717, 1.165) is 47.6 Å². The molecule has 2 aromatic rings. The molecule has 0 saturated heterocycles. The quantitative estimate of drug-likeness (QED) is 0.272. The van der Waals surface area contributed by atoms with Gasteiger partial charge in [-0.1, -0.05) is 55.8 Å². The number of halogens is 1. The van der Waals surface area contributed by atoms with Crippen LogP contribution in [0.2, 0.25) is 0 Å². The number of hydrogen-bond acceptors (Lipinski definition) is 9. The number of esters is 1. The normalized spacial score (nSPS) is 32.0. The van der Waals surface area contributed by atoms with Gasteiger partial charge in [0, 0.05) is 11.8 Å². The molecule has 0 aliphatic heterocycles. The summed E-state index contributed by atoms with van der Waals surface area (Å²) in [6.07, 6.45) is 12.3. The molecular formula is C36H38FN3O5S2. The fraction of sp³-hybridized carbons (Fsp3) is 0.528. The summed E-state index contributed by atoms with van der Waals surface area (Å²) < 4.78 is 22.4. The van der Waals surface area contributed by atoms with Crippen molar-refractivity contribution in [3.05, 3.63) is 52.6 Å². The number of hydrogen-bond donors (Lipinski definition) is 1. The topological polar surface area (TPSA) is 122 Å². The van der Waals surface area contributed by atoms with E-state index in [2.05, 4.69) is 24.0 Å². The maximum Gasteiger partial charge on any atom is 0.306 e. The molecule has 7 atom stereocenters. The van der Waals surface area contributed by atoms with Crippen LogP contribution in [0.4, 0.5) is 4.39 Å². The fourth-order valence-electron chi connectivity index (χ4n) is 9.39. The predicted octanol–water partition coefficient (Wildman–Crippen LogP) is 6.15. The Hall–Kier alpha value is -3.38. The van der Waals surface area contributed by atoms with Crippen LogP contribution in [0, 0.1) is 58.1 Å². The third kappa shape index (κ3) is 5.26. The van der Waals surface area contributed by atoms with Crippen molar-refractivity contribution in [2.45, 2.75) is 77.4 Å². The van der Waals surface area contributed by atoms with Gasteiger partial charge in [-0.3, -0.25) is 14.4 Å². The maximum atomic E-state index is 14.6. The summed E-state index contributed by atoms with van der Waals surface area (Å²) in [5.74, 6) is 1.53. The third-order valence-corrected chi connectivity index (χ3v) is 13.1. The first-order chi connectivity index (χ1) is 22.4. The van der Waals surface area contributed by atoms with Crippen molar-refractivity contribution in [3.8, 4) is 24.1 Å². The standard InChI is InChI=1S/C36H38FN3O5S2/c1-5-14-46-32(43)25-17-23(8-10-27(25)37)40-28-16-22-7-9-24-26-11-12-36(45-30(42)6-2,33(44)47-15-13-38)35(26,4)19-29(41)31(24)34(22,3)18-21(28)20-39-40/h1,8,10,16-17,20,24,26,29,31,41H,6-7,9,11-12,14-15,18-19H2,2-4H3/t24-,26-,29-,31+,34-,35-,36-/m0/s1. The number of carbonyl (C=O) groups is 3. The number of aliphatic hydroxyl groups excluding tert-OH is 1. The SMILES string of the molecule is C#CCSC(=O)c1cc(-n2ncc3c2C=C2CC[C@@H]4[C@H]([C@@H](O)C[C@@]5(C)[C@H]4CC[C@]5(OC(=O)CC)C(=O)SCC#N)[C@@]2(C)C3)ccc1F. The number of nitrogens with zero attached hydrogens (tertiary/aromatic N) is 3. The molecule has 1 heterocycles. The van der Waals surface area contributed by atoms with Gasteiger partial charge in [-0.25, -0.2) is 9.07 Å². The number of carbonyl (C=O) groups excluding carboxylic acids is 3. The molecular weight excluding hydrogens is 638 g/mol. The Morgan fingerprint density at radius 2 is 2.02 bits per heavy atom. The molecule has 47 heavy (non-hydrogen) atoms. The van der Waals surface area contributed by atoms with Gasteiger partial charge in [-0.05, 0) is 91.5 Å². The number of allylic oxidation sites excluding steroid dienone is 1. The smallest absolute Gasteiger partial charge is 0.306 e. The van der Waals surface area contributed by atoms with E-state index in [4.69, 9.17) is 11.2 Å². The highest BCUT2D eigenvalue weighted by Crippen LogP contribution is 2.69. The molecule has 0 bridgehead atoms. The van der Waals surface area contributed by atoms with Crippen molar-refractivity contribution < 1.29 is 28.6 Å². The van der Waals surface area contributed by atoms with Gasteiger partial charge < -0.3 is 9.84 Å². The molecule has 4 aliphatic carbocycles. The van der Waals surface area contributed by atoms with Gasteiger partial charge in [0.05, 0.1) is 46.8 Å². The summed E-state index contributed by atoms with van der Waals surface area (Å²) in [5, 5.41) is 25.2. The summed E-state index contributed by atoms with van der Waals surface area (Å²) in [7, 11) is 0. The van der Waals surface area contributed by atoms with Crippen LogP contribution in [0.25, 0.3) is 11.8 Å². The zero-order valence-corrected chi connectivity index (χ0v) is 28.4. The maximum absolute atomic E-state index is 14.6. The number of rotatable bonds is 7. The van der Waals surface area contributed by atoms with Crippen molar-refractivity contribution in [1.29, 1.82) is 5.26 Å². The fourth-order valence-corrected chi connectivity index (χ4v) is 10.7. The highest BCUT2D eigenvalue weighted by Gasteiger charge is 2.70. The lowest BCUT2D eigenvalue weighted by Gasteiger charge is -2.60. The molecule has 3 saturated carbocycles. The third-order valence-electron chi connectivity index (χ3n) is 11.4. The highest BCUT2D eigenvalue weighted by atomic mass is 32.2. The molecule has 4 aliphatic rings. The van der Waals surface area contributed by atoms with Gasteiger partial charge >= 0.3 is 5.97 Å². The molecule has 6 rings (SSSR count). The molecule has 246 valence electrons. The lowest BCUT2D eigenvalue weighted by molar-refractivity contribution is -0.196. The summed E-state index contributed by atoms with van der Waals surface area (Å²) in [5.41, 5.74) is 1.09. The first-order valence-electron chi connectivity index (χ1n) is 16.1. The van der Waals surface area contributed by atoms with E-state index in [1.807, 2.05) is 19.2 Å². The summed E-state index contributed by atoms with van der Waals surface area (Å²) in [6, 6.07) is 6.41. The zero-order chi connectivity index (χ0) is 33.7. The van der Waals surface area contributed by atoms with Crippen LogP contribution >= 0.6 is 23.5 Å². The number of aromatic nitrogens is 2. The van der Waals surface area contributed by atoms with Crippen LogP contribution in [0.3, 0.4) is 0 Å². The summed E-state index contributed by atoms with van der Waals surface area (Å²) in [6.45, 7) is 5.92. The molecule has 1 aromatic carbocycles. The van der Waals surface area contributed by atoms with Crippen molar-refractivity contribution in [1.82, 2.24) is 9.78 Å². The second kappa shape index (κ2) is 12.6. The Morgan fingerprint density at radius 3 is 2.74 bits per heavy atom. The van der Waals surface area contributed by atoms with E-state index in [1.165, 1.54) is 17.7 Å². The Morgan fingerprint density at radius 1 is 1.23 bits per heavy atom.